The van der Waals surface area contributed by atoms with Crippen molar-refractivity contribution < 1.29 is 0 Å². The van der Waals surface area contributed by atoms with Crippen LogP contribution >= 0.6 is 46.1 Å². The highest BCUT2D eigenvalue weighted by atomic mass is 35.5. The third kappa shape index (κ3) is 3.05. The Morgan fingerprint density at radius 1 is 1.18 bits per heavy atom. The van der Waals surface area contributed by atoms with E-state index in [-0.39, 0.29) is 6.04 Å². The molecule has 1 unspecified atom stereocenters. The maximum Gasteiger partial charge on any atom is 0.115 e. The second kappa shape index (κ2) is 5.44. The molecule has 17 heavy (non-hydrogen) atoms. The van der Waals surface area contributed by atoms with Crippen molar-refractivity contribution in [1.82, 2.24) is 4.98 Å². The van der Waals surface area contributed by atoms with Gasteiger partial charge < -0.3 is 5.32 Å². The van der Waals surface area contributed by atoms with Gasteiger partial charge in [-0.2, -0.15) is 0 Å². The summed E-state index contributed by atoms with van der Waals surface area (Å²) in [6, 6.07) is 3.42. The van der Waals surface area contributed by atoms with Crippen LogP contribution < -0.4 is 5.32 Å². The molecule has 0 spiro atoms. The van der Waals surface area contributed by atoms with Crippen molar-refractivity contribution in [2.24, 2.45) is 0 Å². The average Bonchev–Trinajstić information content (AvgIpc) is 2.79. The Morgan fingerprint density at radius 3 is 2.53 bits per heavy atom. The third-order valence-electron chi connectivity index (χ3n) is 2.20. The van der Waals surface area contributed by atoms with Crippen molar-refractivity contribution in [1.29, 1.82) is 0 Å². The first-order chi connectivity index (χ1) is 8.08. The number of hydrogen-bond donors (Lipinski definition) is 1. The van der Waals surface area contributed by atoms with E-state index < -0.39 is 0 Å². The summed E-state index contributed by atoms with van der Waals surface area (Å²) in [5.74, 6) is 0. The lowest BCUT2D eigenvalue weighted by Gasteiger charge is -2.14. The first-order valence-electron chi connectivity index (χ1n) is 4.88. The molecule has 1 aromatic heterocycles. The molecule has 0 saturated carbocycles. The van der Waals surface area contributed by atoms with Gasteiger partial charge in [0.25, 0.3) is 0 Å². The molecule has 0 aliphatic rings. The fourth-order valence-electron chi connectivity index (χ4n) is 1.38. The zero-order chi connectivity index (χ0) is 12.4. The molecular formula is C11H9Cl3N2S. The minimum absolute atomic E-state index is 0.0738. The molecule has 6 heteroatoms. The number of halogens is 3. The Balaban J connectivity index is 2.22. The summed E-state index contributed by atoms with van der Waals surface area (Å²) in [4.78, 5) is 4.24. The minimum Gasteiger partial charge on any atom is -0.375 e. The number of aromatic nitrogens is 1. The van der Waals surface area contributed by atoms with Gasteiger partial charge in [0.2, 0.25) is 0 Å². The second-order valence-electron chi connectivity index (χ2n) is 3.48. The fourth-order valence-corrected chi connectivity index (χ4v) is 2.62. The van der Waals surface area contributed by atoms with Crippen molar-refractivity contribution in [3.63, 3.8) is 0 Å². The van der Waals surface area contributed by atoms with E-state index in [4.69, 9.17) is 34.8 Å². The Hall–Kier alpha value is -0.480. The molecule has 1 atom stereocenters. The minimum atomic E-state index is 0.0738. The number of benzene rings is 1. The summed E-state index contributed by atoms with van der Waals surface area (Å²) in [5.41, 5.74) is 0.753. The molecule has 0 aliphatic heterocycles. The predicted octanol–water partition coefficient (Wildman–Crippen LogP) is 5.28. The number of anilines is 1. The van der Waals surface area contributed by atoms with Gasteiger partial charge in [-0.25, -0.2) is 4.98 Å². The summed E-state index contributed by atoms with van der Waals surface area (Å²) < 4.78 is 0. The SMILES string of the molecule is CC(Nc1cc(Cl)c(Cl)cc1Cl)c1nccs1. The Bertz CT molecular complexity index is 514. The van der Waals surface area contributed by atoms with Gasteiger partial charge in [-0.3, -0.25) is 0 Å². The van der Waals surface area contributed by atoms with Crippen LogP contribution in [0.3, 0.4) is 0 Å². The molecule has 0 saturated heterocycles. The maximum absolute atomic E-state index is 6.08. The Labute approximate surface area is 119 Å². The lowest BCUT2D eigenvalue weighted by molar-refractivity contribution is 0.870. The van der Waals surface area contributed by atoms with Gasteiger partial charge in [0.1, 0.15) is 5.01 Å². The van der Waals surface area contributed by atoms with Crippen LogP contribution in [0.5, 0.6) is 0 Å². The zero-order valence-electron chi connectivity index (χ0n) is 8.88. The first kappa shape index (κ1) is 13.0. The van der Waals surface area contributed by atoms with Crippen LogP contribution in [0.25, 0.3) is 0 Å². The van der Waals surface area contributed by atoms with E-state index in [0.29, 0.717) is 15.1 Å². The summed E-state index contributed by atoms with van der Waals surface area (Å²) >= 11 is 19.5. The molecule has 1 aromatic carbocycles. The molecular weight excluding hydrogens is 299 g/mol. The van der Waals surface area contributed by atoms with E-state index in [9.17, 15) is 0 Å². The zero-order valence-corrected chi connectivity index (χ0v) is 12.0. The van der Waals surface area contributed by atoms with Crippen LogP contribution in [0.4, 0.5) is 5.69 Å². The molecule has 1 heterocycles. The van der Waals surface area contributed by atoms with Gasteiger partial charge in [-0.1, -0.05) is 34.8 Å². The number of nitrogens with one attached hydrogen (secondary N) is 1. The standard InChI is InChI=1S/C11H9Cl3N2S/c1-6(11-15-2-3-17-11)16-10-5-8(13)7(12)4-9(10)14/h2-6,16H,1H3. The van der Waals surface area contributed by atoms with Crippen LogP contribution in [0, 0.1) is 0 Å². The van der Waals surface area contributed by atoms with E-state index in [0.717, 1.165) is 10.7 Å². The quantitative estimate of drug-likeness (QED) is 0.781. The molecule has 0 fully saturated rings. The van der Waals surface area contributed by atoms with Crippen molar-refractivity contribution in [2.45, 2.75) is 13.0 Å². The fraction of sp³-hybridized carbons (Fsp3) is 0.182. The topological polar surface area (TPSA) is 24.9 Å². The number of rotatable bonds is 3. The van der Waals surface area contributed by atoms with Crippen LogP contribution in [0.15, 0.2) is 23.7 Å². The van der Waals surface area contributed by atoms with E-state index in [1.807, 2.05) is 12.3 Å². The summed E-state index contributed by atoms with van der Waals surface area (Å²) in [5, 5.41) is 7.65. The summed E-state index contributed by atoms with van der Waals surface area (Å²) in [6.07, 6.45) is 1.77. The molecule has 0 aliphatic carbocycles. The highest BCUT2D eigenvalue weighted by molar-refractivity contribution is 7.09. The monoisotopic (exact) mass is 306 g/mol. The van der Waals surface area contributed by atoms with Crippen molar-refractivity contribution >= 4 is 51.8 Å². The Kier molecular flexibility index (Phi) is 4.15. The molecule has 90 valence electrons. The van der Waals surface area contributed by atoms with E-state index in [2.05, 4.69) is 10.3 Å². The van der Waals surface area contributed by atoms with Crippen LogP contribution in [0.2, 0.25) is 15.1 Å². The lowest BCUT2D eigenvalue weighted by Crippen LogP contribution is -2.06. The average molecular weight is 308 g/mol. The van der Waals surface area contributed by atoms with E-state index >= 15 is 0 Å². The summed E-state index contributed by atoms with van der Waals surface area (Å²) in [7, 11) is 0. The Morgan fingerprint density at radius 2 is 1.88 bits per heavy atom. The third-order valence-corrected chi connectivity index (χ3v) is 4.20. The summed E-state index contributed by atoms with van der Waals surface area (Å²) in [6.45, 7) is 2.01. The van der Waals surface area contributed by atoms with Gasteiger partial charge in [-0.05, 0) is 19.1 Å². The largest absolute Gasteiger partial charge is 0.375 e. The molecule has 0 bridgehead atoms. The van der Waals surface area contributed by atoms with E-state index in [1.165, 1.54) is 0 Å². The molecule has 2 aromatic rings. The van der Waals surface area contributed by atoms with Crippen molar-refractivity contribution in [2.75, 3.05) is 5.32 Å². The normalized spacial score (nSPS) is 12.5. The highest BCUT2D eigenvalue weighted by Gasteiger charge is 2.11. The lowest BCUT2D eigenvalue weighted by atomic mass is 10.2. The van der Waals surface area contributed by atoms with Crippen LogP contribution in [0.1, 0.15) is 18.0 Å². The van der Waals surface area contributed by atoms with Crippen LogP contribution in [-0.4, -0.2) is 4.98 Å². The van der Waals surface area contributed by atoms with Gasteiger partial charge in [0, 0.05) is 11.6 Å². The number of nitrogens with zero attached hydrogens (tertiary/aromatic N) is 1. The molecule has 2 nitrogen and oxygen atoms in total. The molecule has 0 amide bonds. The molecule has 0 radical (unpaired) electrons. The first-order valence-corrected chi connectivity index (χ1v) is 6.89. The van der Waals surface area contributed by atoms with Gasteiger partial charge in [0.15, 0.2) is 0 Å². The van der Waals surface area contributed by atoms with Gasteiger partial charge in [0.05, 0.1) is 26.8 Å². The number of hydrogen-bond acceptors (Lipinski definition) is 3. The molecule has 1 N–H and O–H groups in total. The van der Waals surface area contributed by atoms with Gasteiger partial charge >= 0.3 is 0 Å². The second-order valence-corrected chi connectivity index (χ2v) is 5.63. The maximum atomic E-state index is 6.08. The predicted molar refractivity (Wildman–Crippen MR) is 75.6 cm³/mol. The highest BCUT2D eigenvalue weighted by Crippen LogP contribution is 2.34. The van der Waals surface area contributed by atoms with Crippen molar-refractivity contribution in [3.05, 3.63) is 43.8 Å². The smallest absolute Gasteiger partial charge is 0.115 e. The molecule has 2 rings (SSSR count). The van der Waals surface area contributed by atoms with Gasteiger partial charge in [-0.15, -0.1) is 11.3 Å². The van der Waals surface area contributed by atoms with E-state index in [1.54, 1.807) is 29.7 Å². The number of thiazole rings is 1. The van der Waals surface area contributed by atoms with Crippen molar-refractivity contribution in [3.8, 4) is 0 Å². The van der Waals surface area contributed by atoms with Crippen LogP contribution in [-0.2, 0) is 0 Å².